The van der Waals surface area contributed by atoms with Crippen LogP contribution in [0.25, 0.3) is 0 Å². The molecule has 2 N–H and O–H groups in total. The Balaban J connectivity index is 0.00000364. The highest BCUT2D eigenvalue weighted by atomic mass is 127. The average molecular weight is 492 g/mol. The summed E-state index contributed by atoms with van der Waals surface area (Å²) in [5.41, 5.74) is 1.28. The predicted molar refractivity (Wildman–Crippen MR) is 121 cm³/mol. The van der Waals surface area contributed by atoms with Crippen molar-refractivity contribution in [2.75, 3.05) is 53.5 Å². The minimum absolute atomic E-state index is 0. The number of nitrogens with zero attached hydrogens (tertiary/aromatic N) is 2. The van der Waals surface area contributed by atoms with E-state index < -0.39 is 0 Å². The van der Waals surface area contributed by atoms with E-state index in [-0.39, 0.29) is 35.2 Å². The summed E-state index contributed by atoms with van der Waals surface area (Å²) in [5, 5.41) is 6.72. The molecular weight excluding hydrogens is 458 g/mol. The molecule has 1 fully saturated rings. The van der Waals surface area contributed by atoms with Crippen molar-refractivity contribution < 1.29 is 9.13 Å². The first kappa shape index (κ1) is 24.1. The Morgan fingerprint density at radius 2 is 1.93 bits per heavy atom. The number of hydrogen-bond donors (Lipinski definition) is 2. The first-order valence-electron chi connectivity index (χ1n) is 9.55. The van der Waals surface area contributed by atoms with Gasteiger partial charge in [0.2, 0.25) is 0 Å². The van der Waals surface area contributed by atoms with Crippen molar-refractivity contribution in [2.24, 2.45) is 4.99 Å². The second kappa shape index (κ2) is 12.5. The smallest absolute Gasteiger partial charge is 0.191 e. The lowest BCUT2D eigenvalue weighted by Gasteiger charge is -2.19. The summed E-state index contributed by atoms with van der Waals surface area (Å²) < 4.78 is 18.2. The summed E-state index contributed by atoms with van der Waals surface area (Å²) in [6.07, 6.45) is 3.27. The summed E-state index contributed by atoms with van der Waals surface area (Å²) in [6.45, 7) is 7.26. The highest BCUT2D eigenvalue weighted by Crippen LogP contribution is 2.48. The standard InChI is InChI=1S/C20H33FN4O.HI/c1-4-22-19(23-12-14-25(2)13-5-15-26-3)24-16-20(10-11-20)17-6-8-18(21)9-7-17;/h6-9H,4-5,10-16H2,1-3H3,(H2,22,23,24);1H. The third-order valence-electron chi connectivity index (χ3n) is 4.87. The Morgan fingerprint density at radius 1 is 1.22 bits per heavy atom. The van der Waals surface area contributed by atoms with Crippen LogP contribution in [0, 0.1) is 5.82 Å². The molecule has 27 heavy (non-hydrogen) atoms. The zero-order valence-corrected chi connectivity index (χ0v) is 19.1. The molecule has 0 unspecified atom stereocenters. The van der Waals surface area contributed by atoms with E-state index in [4.69, 9.17) is 9.73 Å². The van der Waals surface area contributed by atoms with Gasteiger partial charge in [0, 0.05) is 45.3 Å². The Hall–Kier alpha value is -0.930. The van der Waals surface area contributed by atoms with Crippen LogP contribution in [0.1, 0.15) is 31.7 Å². The van der Waals surface area contributed by atoms with Crippen LogP contribution >= 0.6 is 24.0 Å². The van der Waals surface area contributed by atoms with Crippen molar-refractivity contribution in [3.05, 3.63) is 35.6 Å². The van der Waals surface area contributed by atoms with Crippen LogP contribution in [0.5, 0.6) is 0 Å². The third-order valence-corrected chi connectivity index (χ3v) is 4.87. The molecule has 1 aromatic rings. The molecular formula is C20H34FIN4O. The molecule has 1 aliphatic carbocycles. The molecule has 0 bridgehead atoms. The van der Waals surface area contributed by atoms with Crippen molar-refractivity contribution in [2.45, 2.75) is 31.6 Å². The molecule has 0 saturated heterocycles. The SMILES string of the molecule is CCNC(=NCC1(c2ccc(F)cc2)CC1)NCCN(C)CCCOC.I. The summed E-state index contributed by atoms with van der Waals surface area (Å²) in [6, 6.07) is 6.88. The number of methoxy groups -OCH3 is 1. The Morgan fingerprint density at radius 3 is 2.52 bits per heavy atom. The van der Waals surface area contributed by atoms with Gasteiger partial charge in [-0.3, -0.25) is 4.99 Å². The van der Waals surface area contributed by atoms with Crippen molar-refractivity contribution >= 4 is 29.9 Å². The number of ether oxygens (including phenoxy) is 1. The van der Waals surface area contributed by atoms with Gasteiger partial charge in [0.1, 0.15) is 5.82 Å². The molecule has 0 atom stereocenters. The normalized spacial score (nSPS) is 15.4. The van der Waals surface area contributed by atoms with Gasteiger partial charge in [-0.05, 0) is 50.9 Å². The predicted octanol–water partition coefficient (Wildman–Crippen LogP) is 3.00. The van der Waals surface area contributed by atoms with Gasteiger partial charge < -0.3 is 20.3 Å². The van der Waals surface area contributed by atoms with E-state index in [0.29, 0.717) is 0 Å². The lowest BCUT2D eigenvalue weighted by molar-refractivity contribution is 0.180. The first-order valence-corrected chi connectivity index (χ1v) is 9.55. The molecule has 0 heterocycles. The fraction of sp³-hybridized carbons (Fsp3) is 0.650. The topological polar surface area (TPSA) is 48.9 Å². The summed E-state index contributed by atoms with van der Waals surface area (Å²) in [7, 11) is 3.86. The molecule has 1 aromatic carbocycles. The average Bonchev–Trinajstić information content (AvgIpc) is 3.41. The monoisotopic (exact) mass is 492 g/mol. The highest BCUT2D eigenvalue weighted by Gasteiger charge is 2.44. The van der Waals surface area contributed by atoms with Crippen LogP contribution in [0.15, 0.2) is 29.3 Å². The number of aliphatic imine (C=N–C) groups is 1. The van der Waals surface area contributed by atoms with Crippen molar-refractivity contribution in [1.82, 2.24) is 15.5 Å². The number of rotatable bonds is 11. The largest absolute Gasteiger partial charge is 0.385 e. The molecule has 7 heteroatoms. The molecule has 2 rings (SSSR count). The Bertz CT molecular complexity index is 564. The van der Waals surface area contributed by atoms with E-state index >= 15 is 0 Å². The second-order valence-electron chi connectivity index (χ2n) is 7.06. The van der Waals surface area contributed by atoms with Crippen LogP contribution in [0.2, 0.25) is 0 Å². The zero-order valence-electron chi connectivity index (χ0n) is 16.8. The van der Waals surface area contributed by atoms with Crippen LogP contribution < -0.4 is 10.6 Å². The van der Waals surface area contributed by atoms with E-state index in [1.54, 1.807) is 19.2 Å². The van der Waals surface area contributed by atoms with Crippen molar-refractivity contribution in [3.8, 4) is 0 Å². The molecule has 5 nitrogen and oxygen atoms in total. The maximum Gasteiger partial charge on any atom is 0.191 e. The number of benzene rings is 1. The third kappa shape index (κ3) is 8.31. The van der Waals surface area contributed by atoms with Crippen LogP contribution in [0.4, 0.5) is 4.39 Å². The number of hydrogen-bond acceptors (Lipinski definition) is 3. The van der Waals surface area contributed by atoms with Gasteiger partial charge in [0.15, 0.2) is 5.96 Å². The van der Waals surface area contributed by atoms with E-state index in [1.807, 2.05) is 12.1 Å². The molecule has 0 aliphatic heterocycles. The maximum absolute atomic E-state index is 13.2. The van der Waals surface area contributed by atoms with E-state index in [2.05, 4.69) is 29.5 Å². The van der Waals surface area contributed by atoms with Gasteiger partial charge in [-0.1, -0.05) is 12.1 Å². The lowest BCUT2D eigenvalue weighted by Crippen LogP contribution is -2.41. The summed E-state index contributed by atoms with van der Waals surface area (Å²) in [4.78, 5) is 7.07. The number of nitrogens with one attached hydrogen (secondary N) is 2. The quantitative estimate of drug-likeness (QED) is 0.216. The van der Waals surface area contributed by atoms with Gasteiger partial charge in [0.05, 0.1) is 6.54 Å². The minimum Gasteiger partial charge on any atom is -0.385 e. The number of likely N-dealkylation sites (N-methyl/N-ethyl adjacent to an activating group) is 1. The lowest BCUT2D eigenvalue weighted by atomic mass is 9.96. The van der Waals surface area contributed by atoms with Crippen molar-refractivity contribution in [1.29, 1.82) is 0 Å². The maximum atomic E-state index is 13.2. The summed E-state index contributed by atoms with van der Waals surface area (Å²) >= 11 is 0. The van der Waals surface area contributed by atoms with Gasteiger partial charge in [0.25, 0.3) is 0 Å². The zero-order chi connectivity index (χ0) is 18.8. The van der Waals surface area contributed by atoms with Crippen LogP contribution in [-0.2, 0) is 10.2 Å². The van der Waals surface area contributed by atoms with Gasteiger partial charge in [-0.25, -0.2) is 4.39 Å². The summed E-state index contributed by atoms with van der Waals surface area (Å²) in [5.74, 6) is 0.670. The van der Waals surface area contributed by atoms with Gasteiger partial charge in [-0.2, -0.15) is 0 Å². The fourth-order valence-electron chi connectivity index (χ4n) is 3.02. The second-order valence-corrected chi connectivity index (χ2v) is 7.06. The molecule has 0 spiro atoms. The van der Waals surface area contributed by atoms with Gasteiger partial charge in [-0.15, -0.1) is 24.0 Å². The first-order chi connectivity index (χ1) is 12.6. The number of halogens is 2. The Kier molecular flexibility index (Phi) is 11.2. The highest BCUT2D eigenvalue weighted by molar-refractivity contribution is 14.0. The van der Waals surface area contributed by atoms with E-state index in [9.17, 15) is 4.39 Å². The molecule has 1 aliphatic rings. The molecule has 0 radical (unpaired) electrons. The van der Waals surface area contributed by atoms with Gasteiger partial charge >= 0.3 is 0 Å². The number of guanidine groups is 1. The fourth-order valence-corrected chi connectivity index (χ4v) is 3.02. The molecule has 154 valence electrons. The van der Waals surface area contributed by atoms with Crippen LogP contribution in [-0.4, -0.2) is 64.3 Å². The van der Waals surface area contributed by atoms with Crippen LogP contribution in [0.3, 0.4) is 0 Å². The Labute approximate surface area is 180 Å². The minimum atomic E-state index is -0.183. The van der Waals surface area contributed by atoms with E-state index in [1.165, 1.54) is 5.56 Å². The molecule has 1 saturated carbocycles. The van der Waals surface area contributed by atoms with E-state index in [0.717, 1.165) is 64.6 Å². The molecule has 0 aromatic heterocycles. The van der Waals surface area contributed by atoms with Crippen molar-refractivity contribution in [3.63, 3.8) is 0 Å². The molecule has 0 amide bonds.